The molecule has 0 bridgehead atoms. The topological polar surface area (TPSA) is 17.1 Å². The van der Waals surface area contributed by atoms with Gasteiger partial charge in [0.25, 0.3) is 0 Å². The van der Waals surface area contributed by atoms with Crippen LogP contribution in [0.25, 0.3) is 39.5 Å². The Bertz CT molecular complexity index is 1560. The molecule has 0 spiro atoms. The van der Waals surface area contributed by atoms with E-state index in [0.717, 1.165) is 28.7 Å². The predicted octanol–water partition coefficient (Wildman–Crippen LogP) is 7.37. The quantitative estimate of drug-likeness (QED) is 0.291. The Morgan fingerprint density at radius 2 is 1.24 bits per heavy atom. The zero-order chi connectivity index (χ0) is 21.9. The lowest BCUT2D eigenvalue weighted by molar-refractivity contribution is -0.110. The second kappa shape index (κ2) is 6.88. The smallest absolute Gasteiger partial charge is 0.194 e. The summed E-state index contributed by atoms with van der Waals surface area (Å²) in [5.41, 5.74) is 13.8. The summed E-state index contributed by atoms with van der Waals surface area (Å²) in [6, 6.07) is 31.6. The van der Waals surface area contributed by atoms with Crippen molar-refractivity contribution in [2.45, 2.75) is 6.42 Å². The maximum absolute atomic E-state index is 13.6. The molecular weight excluding hydrogens is 400 g/mol. The van der Waals surface area contributed by atoms with E-state index in [-0.39, 0.29) is 5.78 Å². The first-order chi connectivity index (χ1) is 16.3. The average Bonchev–Trinajstić information content (AvgIpc) is 3.44. The Hall–Kier alpha value is -4.23. The molecule has 0 atom stereocenters. The molecule has 1 heteroatoms. The van der Waals surface area contributed by atoms with E-state index in [1.807, 2.05) is 36.4 Å². The van der Waals surface area contributed by atoms with Crippen molar-refractivity contribution in [3.05, 3.63) is 137 Å². The molecule has 0 amide bonds. The minimum absolute atomic E-state index is 0.112. The molecule has 0 radical (unpaired) electrons. The zero-order valence-corrected chi connectivity index (χ0v) is 18.0. The number of ketones is 1. The minimum Gasteiger partial charge on any atom is -0.289 e. The molecule has 4 aromatic carbocycles. The highest BCUT2D eigenvalue weighted by molar-refractivity contribution is 6.39. The highest BCUT2D eigenvalue weighted by atomic mass is 16.1. The lowest BCUT2D eigenvalue weighted by Gasteiger charge is -2.17. The largest absolute Gasteiger partial charge is 0.289 e. The van der Waals surface area contributed by atoms with Crippen LogP contribution in [0.15, 0.2) is 109 Å². The summed E-state index contributed by atoms with van der Waals surface area (Å²) >= 11 is 0. The summed E-state index contributed by atoms with van der Waals surface area (Å²) < 4.78 is 0. The van der Waals surface area contributed by atoms with Crippen LogP contribution in [-0.2, 0) is 11.2 Å². The van der Waals surface area contributed by atoms with Crippen LogP contribution in [0.5, 0.6) is 0 Å². The van der Waals surface area contributed by atoms with Gasteiger partial charge in [-0.25, -0.2) is 0 Å². The van der Waals surface area contributed by atoms with E-state index in [2.05, 4.69) is 72.8 Å². The Kier molecular flexibility index (Phi) is 3.83. The van der Waals surface area contributed by atoms with Crippen LogP contribution >= 0.6 is 0 Å². The number of allylic oxidation sites excluding steroid dienone is 5. The van der Waals surface area contributed by atoms with Crippen LogP contribution in [0.4, 0.5) is 0 Å². The van der Waals surface area contributed by atoms with Gasteiger partial charge < -0.3 is 0 Å². The first-order valence-electron chi connectivity index (χ1n) is 11.4. The van der Waals surface area contributed by atoms with Crippen molar-refractivity contribution in [1.82, 2.24) is 0 Å². The van der Waals surface area contributed by atoms with E-state index < -0.39 is 0 Å². The summed E-state index contributed by atoms with van der Waals surface area (Å²) in [6.45, 7) is 0. The second-order valence-electron chi connectivity index (χ2n) is 8.85. The van der Waals surface area contributed by atoms with Crippen LogP contribution in [-0.4, -0.2) is 5.78 Å². The molecule has 0 fully saturated rings. The van der Waals surface area contributed by atoms with Crippen molar-refractivity contribution in [3.8, 4) is 22.3 Å². The standard InChI is InChI=1S/C32H20O/c33-32-24(20-9-3-1-4-10-20)15-16-25-27-18-26(21-11-5-2-6-12-21)31-23-14-8-7-13-22(23)17-29(31)28(27)19-30(25)32/h1-16,18-19H,17H2. The van der Waals surface area contributed by atoms with E-state index in [1.54, 1.807) is 0 Å². The summed E-state index contributed by atoms with van der Waals surface area (Å²) in [5, 5.41) is 0. The third-order valence-electron chi connectivity index (χ3n) is 7.07. The molecule has 0 saturated carbocycles. The van der Waals surface area contributed by atoms with E-state index in [9.17, 15) is 4.79 Å². The zero-order valence-electron chi connectivity index (χ0n) is 18.0. The Balaban J connectivity index is 1.47. The lowest BCUT2D eigenvalue weighted by Crippen LogP contribution is -2.08. The van der Waals surface area contributed by atoms with Crippen molar-refractivity contribution in [3.63, 3.8) is 0 Å². The van der Waals surface area contributed by atoms with Crippen molar-refractivity contribution in [2.24, 2.45) is 0 Å². The van der Waals surface area contributed by atoms with E-state index in [1.165, 1.54) is 44.5 Å². The number of rotatable bonds is 2. The number of fused-ring (bicyclic) bond motifs is 7. The number of carbonyl (C=O) groups is 1. The molecule has 0 aromatic heterocycles. The van der Waals surface area contributed by atoms with E-state index in [0.29, 0.717) is 0 Å². The molecule has 154 valence electrons. The van der Waals surface area contributed by atoms with Crippen LogP contribution < -0.4 is 0 Å². The molecular formula is C32H20O. The van der Waals surface area contributed by atoms with E-state index >= 15 is 0 Å². The van der Waals surface area contributed by atoms with Crippen molar-refractivity contribution in [1.29, 1.82) is 0 Å². The second-order valence-corrected chi connectivity index (χ2v) is 8.85. The maximum Gasteiger partial charge on any atom is 0.194 e. The molecule has 0 N–H and O–H groups in total. The van der Waals surface area contributed by atoms with Crippen LogP contribution in [0, 0.1) is 0 Å². The van der Waals surface area contributed by atoms with Gasteiger partial charge in [-0.2, -0.15) is 0 Å². The SMILES string of the molecule is O=C1C2=Cc3c(cc(-c4ccccc4)c4c3Cc3ccccc3-4)C2=CC=C1c1ccccc1. The third kappa shape index (κ3) is 2.63. The van der Waals surface area contributed by atoms with Gasteiger partial charge in [0.2, 0.25) is 0 Å². The monoisotopic (exact) mass is 420 g/mol. The summed E-state index contributed by atoms with van der Waals surface area (Å²) in [7, 11) is 0. The number of carbonyl (C=O) groups excluding carboxylic acids is 1. The molecule has 33 heavy (non-hydrogen) atoms. The molecule has 0 saturated heterocycles. The van der Waals surface area contributed by atoms with Gasteiger partial charge in [0.15, 0.2) is 5.78 Å². The van der Waals surface area contributed by atoms with Crippen LogP contribution in [0.3, 0.4) is 0 Å². The van der Waals surface area contributed by atoms with Gasteiger partial charge in [-0.15, -0.1) is 0 Å². The molecule has 3 aliphatic rings. The summed E-state index contributed by atoms with van der Waals surface area (Å²) in [5.74, 6) is 0.112. The highest BCUT2D eigenvalue weighted by Gasteiger charge is 2.34. The Morgan fingerprint density at radius 1 is 0.576 bits per heavy atom. The average molecular weight is 421 g/mol. The summed E-state index contributed by atoms with van der Waals surface area (Å²) in [4.78, 5) is 13.6. The predicted molar refractivity (Wildman–Crippen MR) is 135 cm³/mol. The fourth-order valence-electron chi connectivity index (χ4n) is 5.55. The first-order valence-corrected chi connectivity index (χ1v) is 11.4. The Morgan fingerprint density at radius 3 is 2.03 bits per heavy atom. The maximum atomic E-state index is 13.6. The van der Waals surface area contributed by atoms with Gasteiger partial charge in [-0.05, 0) is 80.3 Å². The van der Waals surface area contributed by atoms with Gasteiger partial charge in [0, 0.05) is 11.1 Å². The fraction of sp³-hybridized carbons (Fsp3) is 0.0312. The normalized spacial score (nSPS) is 15.2. The molecule has 3 aliphatic carbocycles. The molecule has 4 aromatic rings. The van der Waals surface area contributed by atoms with Gasteiger partial charge >= 0.3 is 0 Å². The number of hydrogen-bond donors (Lipinski definition) is 0. The number of benzene rings is 4. The van der Waals surface area contributed by atoms with Gasteiger partial charge in [-0.1, -0.05) is 91.0 Å². The van der Waals surface area contributed by atoms with E-state index in [4.69, 9.17) is 0 Å². The molecule has 7 rings (SSSR count). The van der Waals surface area contributed by atoms with Crippen LogP contribution in [0.1, 0.15) is 27.8 Å². The summed E-state index contributed by atoms with van der Waals surface area (Å²) in [6.07, 6.45) is 7.16. The fourth-order valence-corrected chi connectivity index (χ4v) is 5.55. The van der Waals surface area contributed by atoms with Gasteiger partial charge in [0.05, 0.1) is 0 Å². The minimum atomic E-state index is 0.112. The van der Waals surface area contributed by atoms with Crippen LogP contribution in [0.2, 0.25) is 0 Å². The van der Waals surface area contributed by atoms with Crippen molar-refractivity contribution >= 4 is 23.0 Å². The van der Waals surface area contributed by atoms with Gasteiger partial charge in [0.1, 0.15) is 0 Å². The lowest BCUT2D eigenvalue weighted by atomic mass is 9.85. The number of Topliss-reactive ketones (excluding diaryl/α,β-unsaturated/α-hetero) is 1. The van der Waals surface area contributed by atoms with Gasteiger partial charge in [-0.3, -0.25) is 4.79 Å². The molecule has 0 unspecified atom stereocenters. The number of hydrogen-bond acceptors (Lipinski definition) is 1. The molecule has 0 aliphatic heterocycles. The third-order valence-corrected chi connectivity index (χ3v) is 7.07. The van der Waals surface area contributed by atoms with Crippen molar-refractivity contribution < 1.29 is 4.79 Å². The molecule has 1 nitrogen and oxygen atoms in total. The Labute approximate surface area is 193 Å². The molecule has 0 heterocycles. The first kappa shape index (κ1) is 18.4. The highest BCUT2D eigenvalue weighted by Crippen LogP contribution is 2.51. The van der Waals surface area contributed by atoms with Crippen molar-refractivity contribution in [2.75, 3.05) is 0 Å².